The van der Waals surface area contributed by atoms with Gasteiger partial charge in [0.25, 0.3) is 0 Å². The molecule has 0 unspecified atom stereocenters. The van der Waals surface area contributed by atoms with Gasteiger partial charge in [0.05, 0.1) is 0 Å². The summed E-state index contributed by atoms with van der Waals surface area (Å²) in [5.74, 6) is 0.733. The van der Waals surface area contributed by atoms with Crippen molar-refractivity contribution in [2.24, 2.45) is 0 Å². The summed E-state index contributed by atoms with van der Waals surface area (Å²) in [5, 5.41) is 2.13. The third-order valence-electron chi connectivity index (χ3n) is 2.98. The monoisotopic (exact) mass is 235 g/mol. The molecule has 3 rings (SSSR count). The highest BCUT2D eigenvalue weighted by molar-refractivity contribution is 6.01. The van der Waals surface area contributed by atoms with Crippen molar-refractivity contribution >= 4 is 16.5 Å². The van der Waals surface area contributed by atoms with E-state index < -0.39 is 0 Å². The average Bonchev–Trinajstić information content (AvgIpc) is 2.41. The van der Waals surface area contributed by atoms with Crippen LogP contribution < -0.4 is 5.73 Å². The second-order valence-electron chi connectivity index (χ2n) is 4.33. The summed E-state index contributed by atoms with van der Waals surface area (Å²) in [7, 11) is 0. The van der Waals surface area contributed by atoms with Crippen LogP contribution in [0.2, 0.25) is 0 Å². The van der Waals surface area contributed by atoms with Crippen molar-refractivity contribution in [1.82, 2.24) is 9.97 Å². The van der Waals surface area contributed by atoms with E-state index >= 15 is 0 Å². The molecule has 18 heavy (non-hydrogen) atoms. The van der Waals surface area contributed by atoms with Gasteiger partial charge in [0.2, 0.25) is 0 Å². The molecule has 0 saturated heterocycles. The number of anilines is 1. The van der Waals surface area contributed by atoms with Crippen molar-refractivity contribution < 1.29 is 0 Å². The number of nitrogen functional groups attached to an aromatic ring is 1. The van der Waals surface area contributed by atoms with Crippen LogP contribution in [-0.4, -0.2) is 9.97 Å². The average molecular weight is 235 g/mol. The molecule has 0 aliphatic carbocycles. The molecular formula is C15H13N3. The van der Waals surface area contributed by atoms with Gasteiger partial charge in [-0.2, -0.15) is 0 Å². The highest BCUT2D eigenvalue weighted by Crippen LogP contribution is 2.29. The highest BCUT2D eigenvalue weighted by atomic mass is 14.9. The Hall–Kier alpha value is -2.42. The summed E-state index contributed by atoms with van der Waals surface area (Å²) < 4.78 is 0. The number of hydrogen-bond acceptors (Lipinski definition) is 3. The van der Waals surface area contributed by atoms with Crippen molar-refractivity contribution in [3.05, 3.63) is 54.4 Å². The van der Waals surface area contributed by atoms with Gasteiger partial charge in [0.1, 0.15) is 0 Å². The van der Waals surface area contributed by atoms with E-state index in [1.807, 2.05) is 55.7 Å². The van der Waals surface area contributed by atoms with E-state index in [9.17, 15) is 0 Å². The molecule has 0 aliphatic heterocycles. The Bertz CT molecular complexity index is 703. The van der Waals surface area contributed by atoms with Gasteiger partial charge >= 0.3 is 0 Å². The quantitative estimate of drug-likeness (QED) is 0.659. The third-order valence-corrected chi connectivity index (χ3v) is 2.98. The lowest BCUT2D eigenvalue weighted by molar-refractivity contribution is 1.14. The second-order valence-corrected chi connectivity index (χ2v) is 4.33. The number of fused-ring (bicyclic) bond motifs is 1. The van der Waals surface area contributed by atoms with Crippen molar-refractivity contribution in [1.29, 1.82) is 0 Å². The number of nitrogens with zero attached hydrogens (tertiary/aromatic N) is 2. The predicted molar refractivity (Wildman–Crippen MR) is 74.1 cm³/mol. The van der Waals surface area contributed by atoms with Crippen LogP contribution in [-0.2, 0) is 0 Å². The van der Waals surface area contributed by atoms with Crippen molar-refractivity contribution in [2.45, 2.75) is 6.92 Å². The van der Waals surface area contributed by atoms with Gasteiger partial charge in [-0.25, -0.2) is 9.97 Å². The number of aromatic nitrogens is 2. The molecule has 0 amide bonds. The first-order chi connectivity index (χ1) is 8.75. The third kappa shape index (κ3) is 1.70. The van der Waals surface area contributed by atoms with Crippen molar-refractivity contribution in [2.75, 3.05) is 5.73 Å². The Morgan fingerprint density at radius 1 is 0.889 bits per heavy atom. The van der Waals surface area contributed by atoms with Crippen LogP contribution in [0.25, 0.3) is 22.2 Å². The minimum absolute atomic E-state index is 0.733. The topological polar surface area (TPSA) is 51.8 Å². The lowest BCUT2D eigenvalue weighted by atomic mass is 10.0. The summed E-state index contributed by atoms with van der Waals surface area (Å²) in [6, 6.07) is 11.9. The molecule has 2 aromatic carbocycles. The lowest BCUT2D eigenvalue weighted by Crippen LogP contribution is -1.93. The molecule has 3 nitrogen and oxygen atoms in total. The van der Waals surface area contributed by atoms with Crippen molar-refractivity contribution in [3.8, 4) is 11.4 Å². The van der Waals surface area contributed by atoms with Gasteiger partial charge in [0.15, 0.2) is 5.82 Å². The second kappa shape index (κ2) is 4.11. The number of benzene rings is 2. The van der Waals surface area contributed by atoms with Crippen molar-refractivity contribution in [3.63, 3.8) is 0 Å². The van der Waals surface area contributed by atoms with Gasteiger partial charge in [0, 0.05) is 29.0 Å². The maximum atomic E-state index is 5.99. The zero-order valence-corrected chi connectivity index (χ0v) is 10.1. The van der Waals surface area contributed by atoms with E-state index in [4.69, 9.17) is 5.73 Å². The Morgan fingerprint density at radius 3 is 2.28 bits per heavy atom. The van der Waals surface area contributed by atoms with Gasteiger partial charge in [-0.1, -0.05) is 24.3 Å². The molecule has 0 atom stereocenters. The fourth-order valence-electron chi connectivity index (χ4n) is 2.05. The first-order valence-electron chi connectivity index (χ1n) is 5.82. The van der Waals surface area contributed by atoms with Crippen LogP contribution in [0.15, 0.2) is 48.8 Å². The summed E-state index contributed by atoms with van der Waals surface area (Å²) in [5.41, 5.74) is 8.83. The Balaban J connectivity index is 2.30. The molecule has 1 heterocycles. The number of aryl methyl sites for hydroxylation is 1. The van der Waals surface area contributed by atoms with Gasteiger partial charge < -0.3 is 5.73 Å². The predicted octanol–water partition coefficient (Wildman–Crippen LogP) is 3.19. The number of nitrogens with two attached hydrogens (primary N) is 1. The molecular weight excluding hydrogens is 222 g/mol. The van der Waals surface area contributed by atoms with Crippen LogP contribution >= 0.6 is 0 Å². The Labute approximate surface area is 105 Å². The smallest absolute Gasteiger partial charge is 0.159 e. The molecule has 3 aromatic rings. The molecule has 2 N–H and O–H groups in total. The fraction of sp³-hybridized carbons (Fsp3) is 0.0667. The minimum Gasteiger partial charge on any atom is -0.398 e. The van der Waals surface area contributed by atoms with E-state index in [1.54, 1.807) is 0 Å². The van der Waals surface area contributed by atoms with Gasteiger partial charge in [-0.3, -0.25) is 0 Å². The minimum atomic E-state index is 0.733. The first kappa shape index (κ1) is 10.7. The maximum Gasteiger partial charge on any atom is 0.159 e. The standard InChI is InChI=1S/C15H13N3/c1-10-8-17-15(18-9-10)13-6-7-14(16)12-5-3-2-4-11(12)13/h2-9H,16H2,1H3. The Kier molecular flexibility index (Phi) is 2.45. The summed E-state index contributed by atoms with van der Waals surface area (Å²) in [4.78, 5) is 8.75. The normalized spacial score (nSPS) is 10.7. The lowest BCUT2D eigenvalue weighted by Gasteiger charge is -2.07. The molecule has 0 fully saturated rings. The molecule has 88 valence electrons. The van der Waals surface area contributed by atoms with Gasteiger partial charge in [-0.05, 0) is 30.0 Å². The summed E-state index contributed by atoms with van der Waals surface area (Å²) >= 11 is 0. The highest BCUT2D eigenvalue weighted by Gasteiger charge is 2.07. The van der Waals surface area contributed by atoms with Crippen LogP contribution in [0.4, 0.5) is 5.69 Å². The van der Waals surface area contributed by atoms with Crippen LogP contribution in [0.1, 0.15) is 5.56 Å². The Morgan fingerprint density at radius 2 is 1.56 bits per heavy atom. The maximum absolute atomic E-state index is 5.99. The zero-order chi connectivity index (χ0) is 12.5. The molecule has 3 heteroatoms. The van der Waals surface area contributed by atoms with E-state index in [-0.39, 0.29) is 0 Å². The van der Waals surface area contributed by atoms with Crippen LogP contribution in [0.3, 0.4) is 0 Å². The molecule has 0 aliphatic rings. The molecule has 1 aromatic heterocycles. The van der Waals surface area contributed by atoms with Gasteiger partial charge in [-0.15, -0.1) is 0 Å². The first-order valence-corrected chi connectivity index (χ1v) is 5.82. The zero-order valence-electron chi connectivity index (χ0n) is 10.1. The van der Waals surface area contributed by atoms with E-state index in [0.29, 0.717) is 0 Å². The van der Waals surface area contributed by atoms with Crippen LogP contribution in [0.5, 0.6) is 0 Å². The van der Waals surface area contributed by atoms with E-state index in [0.717, 1.165) is 33.4 Å². The molecule has 0 bridgehead atoms. The summed E-state index contributed by atoms with van der Waals surface area (Å²) in [6.07, 6.45) is 3.65. The number of rotatable bonds is 1. The molecule has 0 saturated carbocycles. The SMILES string of the molecule is Cc1cnc(-c2ccc(N)c3ccccc23)nc1. The largest absolute Gasteiger partial charge is 0.398 e. The molecule has 0 spiro atoms. The van der Waals surface area contributed by atoms with E-state index in [2.05, 4.69) is 9.97 Å². The van der Waals surface area contributed by atoms with E-state index in [1.165, 1.54) is 0 Å². The molecule has 0 radical (unpaired) electrons. The fourth-order valence-corrected chi connectivity index (χ4v) is 2.05. The number of hydrogen-bond donors (Lipinski definition) is 1. The summed E-state index contributed by atoms with van der Waals surface area (Å²) in [6.45, 7) is 1.98. The van der Waals surface area contributed by atoms with Crippen LogP contribution in [0, 0.1) is 6.92 Å².